The maximum Gasteiger partial charge on any atom is 0.300 e. The van der Waals surface area contributed by atoms with Crippen molar-refractivity contribution in [2.45, 2.75) is 26.8 Å². The molecule has 1 saturated heterocycles. The molecule has 0 saturated carbocycles. The zero-order valence-corrected chi connectivity index (χ0v) is 19.3. The SMILES string of the molecule is CCOc1ccc(/C(O)=C2\C(=O)C(=O)N(c3cccc(Cl)c3C)C2c2ccncc2)cc1C. The summed E-state index contributed by atoms with van der Waals surface area (Å²) in [6, 6.07) is 13.0. The van der Waals surface area contributed by atoms with Gasteiger partial charge in [-0.25, -0.2) is 0 Å². The van der Waals surface area contributed by atoms with E-state index < -0.39 is 17.7 Å². The number of anilines is 1. The van der Waals surface area contributed by atoms with Gasteiger partial charge in [-0.15, -0.1) is 0 Å². The number of aromatic nitrogens is 1. The van der Waals surface area contributed by atoms with Gasteiger partial charge in [0.1, 0.15) is 11.5 Å². The molecule has 0 bridgehead atoms. The van der Waals surface area contributed by atoms with E-state index in [1.807, 2.05) is 13.8 Å². The Labute approximate surface area is 197 Å². The first-order valence-corrected chi connectivity index (χ1v) is 10.9. The average Bonchev–Trinajstić information content (AvgIpc) is 3.08. The molecule has 1 aliphatic rings. The van der Waals surface area contributed by atoms with E-state index in [2.05, 4.69) is 4.98 Å². The number of ketones is 1. The molecule has 6 nitrogen and oxygen atoms in total. The van der Waals surface area contributed by atoms with Gasteiger partial charge in [0.15, 0.2) is 0 Å². The van der Waals surface area contributed by atoms with Crippen molar-refractivity contribution in [2.75, 3.05) is 11.5 Å². The molecule has 1 aromatic heterocycles. The van der Waals surface area contributed by atoms with Crippen LogP contribution in [0.2, 0.25) is 5.02 Å². The number of amides is 1. The monoisotopic (exact) mass is 462 g/mol. The van der Waals surface area contributed by atoms with Gasteiger partial charge < -0.3 is 9.84 Å². The Morgan fingerprint density at radius 1 is 1.12 bits per heavy atom. The van der Waals surface area contributed by atoms with Crippen LogP contribution in [0.4, 0.5) is 5.69 Å². The van der Waals surface area contributed by atoms with Gasteiger partial charge in [0.2, 0.25) is 0 Å². The molecule has 1 aliphatic heterocycles. The number of aryl methyl sites for hydroxylation is 1. The predicted molar refractivity (Wildman–Crippen MR) is 128 cm³/mol. The van der Waals surface area contributed by atoms with Crippen molar-refractivity contribution in [3.8, 4) is 5.75 Å². The van der Waals surface area contributed by atoms with Crippen LogP contribution >= 0.6 is 11.6 Å². The molecule has 33 heavy (non-hydrogen) atoms. The lowest BCUT2D eigenvalue weighted by Gasteiger charge is -2.27. The molecular formula is C26H23ClN2O4. The van der Waals surface area contributed by atoms with Gasteiger partial charge in [-0.1, -0.05) is 17.7 Å². The van der Waals surface area contributed by atoms with E-state index in [1.165, 1.54) is 4.90 Å². The summed E-state index contributed by atoms with van der Waals surface area (Å²) in [6.45, 7) is 6.05. The minimum absolute atomic E-state index is 0.00846. The Bertz CT molecular complexity index is 1270. The maximum atomic E-state index is 13.3. The van der Waals surface area contributed by atoms with Gasteiger partial charge in [0.25, 0.3) is 11.7 Å². The third-order valence-electron chi connectivity index (χ3n) is 5.71. The number of nitrogens with zero attached hydrogens (tertiary/aromatic N) is 2. The molecule has 1 unspecified atom stereocenters. The summed E-state index contributed by atoms with van der Waals surface area (Å²) in [4.78, 5) is 32.0. The summed E-state index contributed by atoms with van der Waals surface area (Å²) in [7, 11) is 0. The van der Waals surface area contributed by atoms with E-state index >= 15 is 0 Å². The minimum Gasteiger partial charge on any atom is -0.507 e. The molecule has 1 N–H and O–H groups in total. The van der Waals surface area contributed by atoms with Gasteiger partial charge in [0, 0.05) is 28.7 Å². The van der Waals surface area contributed by atoms with Crippen LogP contribution in [-0.4, -0.2) is 28.4 Å². The van der Waals surface area contributed by atoms with Gasteiger partial charge in [-0.05, 0) is 79.9 Å². The Balaban J connectivity index is 1.93. The third-order valence-corrected chi connectivity index (χ3v) is 6.12. The molecule has 0 radical (unpaired) electrons. The quantitative estimate of drug-likeness (QED) is 0.313. The van der Waals surface area contributed by atoms with Crippen molar-refractivity contribution in [3.05, 3.63) is 93.8 Å². The van der Waals surface area contributed by atoms with Crippen LogP contribution in [-0.2, 0) is 9.59 Å². The lowest BCUT2D eigenvalue weighted by molar-refractivity contribution is -0.132. The van der Waals surface area contributed by atoms with Crippen LogP contribution < -0.4 is 9.64 Å². The Kier molecular flexibility index (Phi) is 6.20. The highest BCUT2D eigenvalue weighted by Crippen LogP contribution is 2.44. The van der Waals surface area contributed by atoms with Crippen molar-refractivity contribution in [2.24, 2.45) is 0 Å². The first-order chi connectivity index (χ1) is 15.8. The van der Waals surface area contributed by atoms with E-state index in [4.69, 9.17) is 16.3 Å². The number of hydrogen-bond donors (Lipinski definition) is 1. The molecule has 2 heterocycles. The second kappa shape index (κ2) is 9.08. The molecule has 1 amide bonds. The number of carbonyl (C=O) groups excluding carboxylic acids is 2. The highest BCUT2D eigenvalue weighted by atomic mass is 35.5. The highest BCUT2D eigenvalue weighted by molar-refractivity contribution is 6.52. The Morgan fingerprint density at radius 3 is 2.52 bits per heavy atom. The van der Waals surface area contributed by atoms with Crippen LogP contribution in [0.1, 0.15) is 35.2 Å². The Hall–Kier alpha value is -3.64. The summed E-state index contributed by atoms with van der Waals surface area (Å²) in [5, 5.41) is 11.7. The van der Waals surface area contributed by atoms with Gasteiger partial charge in [-0.3, -0.25) is 19.5 Å². The topological polar surface area (TPSA) is 79.7 Å². The van der Waals surface area contributed by atoms with Crippen LogP contribution in [0.5, 0.6) is 5.75 Å². The van der Waals surface area contributed by atoms with Crippen LogP contribution in [0.15, 0.2) is 66.5 Å². The van der Waals surface area contributed by atoms with Gasteiger partial charge >= 0.3 is 0 Å². The molecule has 0 spiro atoms. The summed E-state index contributed by atoms with van der Waals surface area (Å²) < 4.78 is 5.58. The number of aliphatic hydroxyl groups is 1. The second-order valence-electron chi connectivity index (χ2n) is 7.75. The molecular weight excluding hydrogens is 440 g/mol. The first-order valence-electron chi connectivity index (χ1n) is 10.5. The number of rotatable bonds is 5. The van der Waals surface area contributed by atoms with Gasteiger partial charge in [-0.2, -0.15) is 0 Å². The molecule has 1 atom stereocenters. The molecule has 3 aromatic rings. The fourth-order valence-corrected chi connectivity index (χ4v) is 4.24. The summed E-state index contributed by atoms with van der Waals surface area (Å²) in [5.41, 5.74) is 3.06. The van der Waals surface area contributed by atoms with E-state index in [9.17, 15) is 14.7 Å². The zero-order valence-electron chi connectivity index (χ0n) is 18.5. The lowest BCUT2D eigenvalue weighted by Crippen LogP contribution is -2.30. The number of halogens is 1. The normalized spacial score (nSPS) is 17.5. The molecule has 7 heteroatoms. The van der Waals surface area contributed by atoms with E-state index in [1.54, 1.807) is 67.8 Å². The van der Waals surface area contributed by atoms with E-state index in [-0.39, 0.29) is 11.3 Å². The molecule has 168 valence electrons. The second-order valence-corrected chi connectivity index (χ2v) is 8.15. The summed E-state index contributed by atoms with van der Waals surface area (Å²) >= 11 is 6.32. The van der Waals surface area contributed by atoms with Crippen molar-refractivity contribution in [1.29, 1.82) is 0 Å². The predicted octanol–water partition coefficient (Wildman–Crippen LogP) is 5.38. The molecule has 2 aromatic carbocycles. The van der Waals surface area contributed by atoms with Crippen LogP contribution in [0.25, 0.3) is 5.76 Å². The van der Waals surface area contributed by atoms with Crippen molar-refractivity contribution in [3.63, 3.8) is 0 Å². The lowest BCUT2D eigenvalue weighted by atomic mass is 9.95. The maximum absolute atomic E-state index is 13.3. The van der Waals surface area contributed by atoms with Crippen molar-refractivity contribution < 1.29 is 19.4 Å². The molecule has 1 fully saturated rings. The zero-order chi connectivity index (χ0) is 23.7. The number of hydrogen-bond acceptors (Lipinski definition) is 5. The van der Waals surface area contributed by atoms with Crippen LogP contribution in [0.3, 0.4) is 0 Å². The largest absolute Gasteiger partial charge is 0.507 e. The number of ether oxygens (including phenoxy) is 1. The average molecular weight is 463 g/mol. The third kappa shape index (κ3) is 3.98. The summed E-state index contributed by atoms with van der Waals surface area (Å²) in [6.07, 6.45) is 3.17. The number of benzene rings is 2. The summed E-state index contributed by atoms with van der Waals surface area (Å²) in [5.74, 6) is -1.05. The number of pyridine rings is 1. The number of Topliss-reactive ketones (excluding diaryl/α,β-unsaturated/α-hetero) is 1. The fourth-order valence-electron chi connectivity index (χ4n) is 4.07. The first kappa shape index (κ1) is 22.6. The standard InChI is InChI=1S/C26H23ClN2O4/c1-4-33-21-9-8-18(14-15(21)2)24(30)22-23(17-10-12-28-13-11-17)29(26(32)25(22)31)20-7-5-6-19(27)16(20)3/h5-14,23,30H,4H2,1-3H3/b24-22+. The van der Waals surface area contributed by atoms with Gasteiger partial charge in [0.05, 0.1) is 18.2 Å². The number of carbonyl (C=O) groups is 2. The Morgan fingerprint density at radius 2 is 1.85 bits per heavy atom. The van der Waals surface area contributed by atoms with Crippen molar-refractivity contribution >= 4 is 34.7 Å². The highest BCUT2D eigenvalue weighted by Gasteiger charge is 2.47. The fraction of sp³-hybridized carbons (Fsp3) is 0.192. The minimum atomic E-state index is -0.836. The van der Waals surface area contributed by atoms with Crippen molar-refractivity contribution in [1.82, 2.24) is 4.98 Å². The molecule has 4 rings (SSSR count). The van der Waals surface area contributed by atoms with Crippen LogP contribution in [0, 0.1) is 13.8 Å². The molecule has 0 aliphatic carbocycles. The number of aliphatic hydroxyl groups excluding tert-OH is 1. The smallest absolute Gasteiger partial charge is 0.300 e. The van der Waals surface area contributed by atoms with E-state index in [0.717, 1.165) is 5.56 Å². The van der Waals surface area contributed by atoms with E-state index in [0.29, 0.717) is 39.8 Å².